The first-order valence-corrected chi connectivity index (χ1v) is 11.0. The van der Waals surface area contributed by atoms with Crippen molar-refractivity contribution in [2.75, 3.05) is 44.2 Å². The van der Waals surface area contributed by atoms with Gasteiger partial charge >= 0.3 is 0 Å². The number of hydrogen-bond acceptors (Lipinski definition) is 6. The summed E-state index contributed by atoms with van der Waals surface area (Å²) in [5.41, 5.74) is 2.29. The van der Waals surface area contributed by atoms with E-state index in [0.717, 1.165) is 81.3 Å². The summed E-state index contributed by atoms with van der Waals surface area (Å²) in [6.45, 7) is 14.8. The molecule has 0 spiro atoms. The van der Waals surface area contributed by atoms with Gasteiger partial charge in [0.2, 0.25) is 5.13 Å². The second-order valence-electron chi connectivity index (χ2n) is 7.06. The molecule has 1 aliphatic heterocycles. The summed E-state index contributed by atoms with van der Waals surface area (Å²) in [6.07, 6.45) is 1.88. The van der Waals surface area contributed by atoms with Crippen LogP contribution in [0, 0.1) is 13.8 Å². The molecule has 2 aromatic rings. The Morgan fingerprint density at radius 2 is 1.97 bits per heavy atom. The molecule has 3 rings (SSSR count). The standard InChI is InChI=1S/C19H32N8S.HI/c1-5-17-22-19(28-24-17)26-12-10-25(11-13-26)18(20-6-2)21-8-7-9-27-16(4)14-15(3)23-27;/h14H,5-13H2,1-4H3,(H,20,21);1H. The topological polar surface area (TPSA) is 74.5 Å². The van der Waals surface area contributed by atoms with Gasteiger partial charge in [0.1, 0.15) is 5.82 Å². The molecule has 3 heterocycles. The van der Waals surface area contributed by atoms with Crippen molar-refractivity contribution in [3.63, 3.8) is 0 Å². The fourth-order valence-electron chi connectivity index (χ4n) is 3.36. The van der Waals surface area contributed by atoms with Crippen LogP contribution in [0.15, 0.2) is 11.1 Å². The van der Waals surface area contributed by atoms with Crippen LogP contribution in [0.1, 0.15) is 37.5 Å². The van der Waals surface area contributed by atoms with Gasteiger partial charge in [-0.1, -0.05) is 6.92 Å². The Hall–Kier alpha value is -1.43. The Kier molecular flexibility index (Phi) is 9.60. The molecule has 162 valence electrons. The highest BCUT2D eigenvalue weighted by Gasteiger charge is 2.21. The molecule has 0 radical (unpaired) electrons. The smallest absolute Gasteiger partial charge is 0.205 e. The molecule has 0 aromatic carbocycles. The van der Waals surface area contributed by atoms with E-state index >= 15 is 0 Å². The molecule has 1 fully saturated rings. The van der Waals surface area contributed by atoms with Crippen LogP contribution in [0.5, 0.6) is 0 Å². The van der Waals surface area contributed by atoms with Crippen molar-refractivity contribution in [2.24, 2.45) is 4.99 Å². The van der Waals surface area contributed by atoms with Crippen molar-refractivity contribution in [1.29, 1.82) is 0 Å². The number of hydrogen-bond donors (Lipinski definition) is 1. The molecule has 29 heavy (non-hydrogen) atoms. The van der Waals surface area contributed by atoms with Crippen molar-refractivity contribution in [1.82, 2.24) is 29.4 Å². The largest absolute Gasteiger partial charge is 0.357 e. The Morgan fingerprint density at radius 3 is 2.55 bits per heavy atom. The van der Waals surface area contributed by atoms with Crippen molar-refractivity contribution in [2.45, 2.75) is 47.1 Å². The van der Waals surface area contributed by atoms with E-state index in [1.165, 1.54) is 17.2 Å². The van der Waals surface area contributed by atoms with E-state index in [0.29, 0.717) is 0 Å². The zero-order valence-corrected chi connectivity index (χ0v) is 21.0. The lowest BCUT2D eigenvalue weighted by molar-refractivity contribution is 0.372. The van der Waals surface area contributed by atoms with E-state index in [1.54, 1.807) is 0 Å². The normalized spacial score (nSPS) is 14.8. The minimum Gasteiger partial charge on any atom is -0.357 e. The van der Waals surface area contributed by atoms with E-state index in [2.05, 4.69) is 61.1 Å². The molecule has 0 atom stereocenters. The fraction of sp³-hybridized carbons (Fsp3) is 0.684. The lowest BCUT2D eigenvalue weighted by atomic mass is 10.3. The molecular weight excluding hydrogens is 499 g/mol. The van der Waals surface area contributed by atoms with Crippen LogP contribution in [0.2, 0.25) is 0 Å². The summed E-state index contributed by atoms with van der Waals surface area (Å²) in [5.74, 6) is 1.96. The maximum Gasteiger partial charge on any atom is 0.205 e. The number of nitrogens with one attached hydrogen (secondary N) is 1. The number of aromatic nitrogens is 4. The maximum atomic E-state index is 4.85. The van der Waals surface area contributed by atoms with Gasteiger partial charge in [-0.15, -0.1) is 24.0 Å². The first-order valence-electron chi connectivity index (χ1n) is 10.2. The molecule has 1 aliphatic rings. The zero-order valence-electron chi connectivity index (χ0n) is 17.9. The van der Waals surface area contributed by atoms with Gasteiger partial charge in [0.15, 0.2) is 5.96 Å². The van der Waals surface area contributed by atoms with Crippen molar-refractivity contribution in [3.05, 3.63) is 23.3 Å². The summed E-state index contributed by atoms with van der Waals surface area (Å²) in [6, 6.07) is 2.12. The fourth-order valence-corrected chi connectivity index (χ4v) is 4.16. The molecule has 10 heteroatoms. The molecule has 8 nitrogen and oxygen atoms in total. The monoisotopic (exact) mass is 532 g/mol. The van der Waals surface area contributed by atoms with Gasteiger partial charge in [0.25, 0.3) is 0 Å². The Balaban J connectivity index is 0.00000300. The lowest BCUT2D eigenvalue weighted by Gasteiger charge is -2.36. The Labute approximate surface area is 195 Å². The van der Waals surface area contributed by atoms with E-state index in [4.69, 9.17) is 4.99 Å². The second-order valence-corrected chi connectivity index (χ2v) is 7.79. The van der Waals surface area contributed by atoms with Crippen LogP contribution in [-0.4, -0.2) is 69.3 Å². The molecule has 2 aromatic heterocycles. The number of guanidine groups is 1. The zero-order chi connectivity index (χ0) is 19.9. The molecule has 1 saturated heterocycles. The average Bonchev–Trinajstić information content (AvgIpc) is 3.30. The SMILES string of the molecule is CCNC(=NCCCn1nc(C)cc1C)N1CCN(c2nc(CC)ns2)CC1.I. The average molecular weight is 533 g/mol. The van der Waals surface area contributed by atoms with E-state index in [-0.39, 0.29) is 24.0 Å². The van der Waals surface area contributed by atoms with Crippen molar-refractivity contribution in [3.8, 4) is 0 Å². The number of aliphatic imine (C=N–C) groups is 1. The number of nitrogens with zero attached hydrogens (tertiary/aromatic N) is 7. The van der Waals surface area contributed by atoms with Gasteiger partial charge < -0.3 is 15.1 Å². The van der Waals surface area contributed by atoms with Gasteiger partial charge in [-0.2, -0.15) is 9.47 Å². The first-order chi connectivity index (χ1) is 13.6. The van der Waals surface area contributed by atoms with E-state index < -0.39 is 0 Å². The summed E-state index contributed by atoms with van der Waals surface area (Å²) >= 11 is 1.51. The highest BCUT2D eigenvalue weighted by molar-refractivity contribution is 14.0. The summed E-state index contributed by atoms with van der Waals surface area (Å²) in [5, 5.41) is 9.01. The highest BCUT2D eigenvalue weighted by Crippen LogP contribution is 2.19. The third-order valence-corrected chi connectivity index (χ3v) is 5.67. The van der Waals surface area contributed by atoms with Crippen LogP contribution in [0.4, 0.5) is 5.13 Å². The molecule has 0 unspecified atom stereocenters. The van der Waals surface area contributed by atoms with Crippen LogP contribution < -0.4 is 10.2 Å². The molecular formula is C19H33IN8S. The summed E-state index contributed by atoms with van der Waals surface area (Å²) in [4.78, 5) is 14.2. The van der Waals surface area contributed by atoms with Gasteiger partial charge in [0.05, 0.1) is 5.69 Å². The quantitative estimate of drug-likeness (QED) is 0.256. The third-order valence-electron chi connectivity index (χ3n) is 4.85. The number of anilines is 1. The second kappa shape index (κ2) is 11.7. The maximum absolute atomic E-state index is 4.85. The van der Waals surface area contributed by atoms with Crippen LogP contribution in [0.3, 0.4) is 0 Å². The number of aryl methyl sites for hydroxylation is 4. The van der Waals surface area contributed by atoms with Crippen LogP contribution in [-0.2, 0) is 13.0 Å². The molecule has 1 N–H and O–H groups in total. The Morgan fingerprint density at radius 1 is 1.21 bits per heavy atom. The van der Waals surface area contributed by atoms with Gasteiger partial charge in [0, 0.05) is 69.5 Å². The predicted octanol–water partition coefficient (Wildman–Crippen LogP) is 2.71. The van der Waals surface area contributed by atoms with Crippen molar-refractivity contribution >= 4 is 46.6 Å². The minimum absolute atomic E-state index is 0. The number of rotatable bonds is 7. The first kappa shape index (κ1) is 23.8. The van der Waals surface area contributed by atoms with E-state index in [1.807, 2.05) is 6.92 Å². The Bertz CT molecular complexity index is 779. The molecule has 0 amide bonds. The van der Waals surface area contributed by atoms with Gasteiger partial charge in [-0.25, -0.2) is 4.98 Å². The highest BCUT2D eigenvalue weighted by atomic mass is 127. The van der Waals surface area contributed by atoms with Gasteiger partial charge in [-0.05, 0) is 33.3 Å². The molecule has 0 saturated carbocycles. The summed E-state index contributed by atoms with van der Waals surface area (Å²) in [7, 11) is 0. The van der Waals surface area contributed by atoms with Crippen molar-refractivity contribution < 1.29 is 0 Å². The third kappa shape index (κ3) is 6.53. The molecule has 0 aliphatic carbocycles. The van der Waals surface area contributed by atoms with Gasteiger partial charge in [-0.3, -0.25) is 9.67 Å². The lowest BCUT2D eigenvalue weighted by Crippen LogP contribution is -2.52. The summed E-state index contributed by atoms with van der Waals surface area (Å²) < 4.78 is 6.48. The minimum atomic E-state index is 0. The van der Waals surface area contributed by atoms with E-state index in [9.17, 15) is 0 Å². The predicted molar refractivity (Wildman–Crippen MR) is 131 cm³/mol. The number of piperazine rings is 1. The number of halogens is 1. The van der Waals surface area contributed by atoms with Crippen LogP contribution >= 0.6 is 35.5 Å². The van der Waals surface area contributed by atoms with Crippen LogP contribution in [0.25, 0.3) is 0 Å². The molecule has 0 bridgehead atoms.